The predicted octanol–water partition coefficient (Wildman–Crippen LogP) is 0.720. The highest BCUT2D eigenvalue weighted by atomic mass is 16.5. The summed E-state index contributed by atoms with van der Waals surface area (Å²) in [6, 6.07) is 0.746. The predicted molar refractivity (Wildman–Crippen MR) is 62.3 cm³/mol. The zero-order valence-corrected chi connectivity index (χ0v) is 10.2. The number of ether oxygens (including phenoxy) is 1. The molecule has 0 saturated carbocycles. The van der Waals surface area contributed by atoms with Crippen LogP contribution in [0.15, 0.2) is 0 Å². The standard InChI is InChI=1S/C12H22N2O2/c1-2-16-12(15)5-7-13-8-9-14-6-3-4-11(14)10-13/h11H,2-10H2,1H3. The highest BCUT2D eigenvalue weighted by Crippen LogP contribution is 2.21. The fourth-order valence-electron chi connectivity index (χ4n) is 2.74. The Morgan fingerprint density at radius 3 is 3.06 bits per heavy atom. The molecule has 4 nitrogen and oxygen atoms in total. The van der Waals surface area contributed by atoms with Gasteiger partial charge in [-0.15, -0.1) is 0 Å². The molecule has 4 heteroatoms. The van der Waals surface area contributed by atoms with E-state index in [9.17, 15) is 4.79 Å². The van der Waals surface area contributed by atoms with Gasteiger partial charge in [-0.25, -0.2) is 0 Å². The van der Waals surface area contributed by atoms with E-state index in [0.717, 1.165) is 25.7 Å². The van der Waals surface area contributed by atoms with Crippen molar-refractivity contribution in [3.05, 3.63) is 0 Å². The molecule has 2 saturated heterocycles. The van der Waals surface area contributed by atoms with E-state index in [1.165, 1.54) is 25.9 Å². The van der Waals surface area contributed by atoms with Crippen LogP contribution in [0.25, 0.3) is 0 Å². The van der Waals surface area contributed by atoms with Crippen LogP contribution in [0.4, 0.5) is 0 Å². The Labute approximate surface area is 97.5 Å². The van der Waals surface area contributed by atoms with Crippen LogP contribution in [0.2, 0.25) is 0 Å². The summed E-state index contributed by atoms with van der Waals surface area (Å²) < 4.78 is 4.94. The maximum Gasteiger partial charge on any atom is 0.307 e. The fraction of sp³-hybridized carbons (Fsp3) is 0.917. The first kappa shape index (κ1) is 11.9. The molecule has 0 spiro atoms. The van der Waals surface area contributed by atoms with Crippen LogP contribution in [-0.2, 0) is 9.53 Å². The molecule has 0 radical (unpaired) electrons. The van der Waals surface area contributed by atoms with Gasteiger partial charge in [-0.1, -0.05) is 0 Å². The maximum atomic E-state index is 11.3. The van der Waals surface area contributed by atoms with Crippen molar-refractivity contribution in [2.45, 2.75) is 32.2 Å². The second-order valence-corrected chi connectivity index (χ2v) is 4.69. The van der Waals surface area contributed by atoms with E-state index in [4.69, 9.17) is 4.74 Å². The van der Waals surface area contributed by atoms with Gasteiger partial charge in [0.05, 0.1) is 13.0 Å². The molecule has 0 aromatic carbocycles. The number of hydrogen-bond donors (Lipinski definition) is 0. The van der Waals surface area contributed by atoms with Crippen LogP contribution >= 0.6 is 0 Å². The third kappa shape index (κ3) is 2.95. The minimum Gasteiger partial charge on any atom is -0.466 e. The monoisotopic (exact) mass is 226 g/mol. The fourth-order valence-corrected chi connectivity index (χ4v) is 2.74. The van der Waals surface area contributed by atoms with Crippen molar-refractivity contribution in [1.29, 1.82) is 0 Å². The lowest BCUT2D eigenvalue weighted by Crippen LogP contribution is -2.50. The molecule has 92 valence electrons. The van der Waals surface area contributed by atoms with E-state index in [1.807, 2.05) is 6.92 Å². The molecule has 2 fully saturated rings. The highest BCUT2D eigenvalue weighted by Gasteiger charge is 2.30. The van der Waals surface area contributed by atoms with Crippen LogP contribution in [0.3, 0.4) is 0 Å². The molecule has 0 aliphatic carbocycles. The molecule has 2 heterocycles. The minimum absolute atomic E-state index is 0.0589. The average Bonchev–Trinajstić information content (AvgIpc) is 2.74. The largest absolute Gasteiger partial charge is 0.466 e. The second kappa shape index (κ2) is 5.64. The third-order valence-electron chi connectivity index (χ3n) is 3.61. The van der Waals surface area contributed by atoms with Crippen molar-refractivity contribution in [3.63, 3.8) is 0 Å². The number of nitrogens with zero attached hydrogens (tertiary/aromatic N) is 2. The topological polar surface area (TPSA) is 32.8 Å². The number of fused-ring (bicyclic) bond motifs is 1. The number of esters is 1. The summed E-state index contributed by atoms with van der Waals surface area (Å²) >= 11 is 0. The first-order chi connectivity index (χ1) is 7.79. The Bertz CT molecular complexity index is 245. The van der Waals surface area contributed by atoms with Gasteiger partial charge in [-0.3, -0.25) is 14.6 Å². The van der Waals surface area contributed by atoms with Crippen molar-refractivity contribution in [1.82, 2.24) is 9.80 Å². The number of carbonyl (C=O) groups excluding carboxylic acids is 1. The average molecular weight is 226 g/mol. The molecular weight excluding hydrogens is 204 g/mol. The van der Waals surface area contributed by atoms with E-state index in [1.54, 1.807) is 0 Å². The molecule has 2 aliphatic heterocycles. The van der Waals surface area contributed by atoms with Gasteiger partial charge in [0.2, 0.25) is 0 Å². The van der Waals surface area contributed by atoms with Gasteiger partial charge in [-0.05, 0) is 26.3 Å². The van der Waals surface area contributed by atoms with Crippen molar-refractivity contribution < 1.29 is 9.53 Å². The number of rotatable bonds is 4. The second-order valence-electron chi connectivity index (χ2n) is 4.69. The summed E-state index contributed by atoms with van der Waals surface area (Å²) in [5.41, 5.74) is 0. The van der Waals surface area contributed by atoms with Crippen molar-refractivity contribution in [3.8, 4) is 0 Å². The highest BCUT2D eigenvalue weighted by molar-refractivity contribution is 5.69. The smallest absolute Gasteiger partial charge is 0.307 e. The van der Waals surface area contributed by atoms with E-state index in [2.05, 4.69) is 9.80 Å². The van der Waals surface area contributed by atoms with E-state index in [0.29, 0.717) is 13.0 Å². The maximum absolute atomic E-state index is 11.3. The van der Waals surface area contributed by atoms with Crippen LogP contribution in [-0.4, -0.2) is 61.1 Å². The lowest BCUT2D eigenvalue weighted by molar-refractivity contribution is -0.143. The zero-order valence-electron chi connectivity index (χ0n) is 10.2. The van der Waals surface area contributed by atoms with Gasteiger partial charge in [0, 0.05) is 32.2 Å². The van der Waals surface area contributed by atoms with Crippen molar-refractivity contribution >= 4 is 5.97 Å². The normalized spacial score (nSPS) is 26.7. The van der Waals surface area contributed by atoms with Gasteiger partial charge >= 0.3 is 5.97 Å². The summed E-state index contributed by atoms with van der Waals surface area (Å²) in [5, 5.41) is 0. The van der Waals surface area contributed by atoms with Gasteiger partial charge < -0.3 is 4.74 Å². The van der Waals surface area contributed by atoms with Crippen LogP contribution in [0, 0.1) is 0 Å². The molecule has 1 atom stereocenters. The quantitative estimate of drug-likeness (QED) is 0.661. The van der Waals surface area contributed by atoms with Gasteiger partial charge in [-0.2, -0.15) is 0 Å². The van der Waals surface area contributed by atoms with Crippen LogP contribution in [0.5, 0.6) is 0 Å². The van der Waals surface area contributed by atoms with E-state index in [-0.39, 0.29) is 5.97 Å². The Morgan fingerprint density at radius 2 is 2.25 bits per heavy atom. The van der Waals surface area contributed by atoms with E-state index >= 15 is 0 Å². The summed E-state index contributed by atoms with van der Waals surface area (Å²) in [4.78, 5) is 16.2. The third-order valence-corrected chi connectivity index (χ3v) is 3.61. The molecule has 1 unspecified atom stereocenters. The number of carbonyl (C=O) groups is 1. The first-order valence-electron chi connectivity index (χ1n) is 6.41. The zero-order chi connectivity index (χ0) is 11.4. The Hall–Kier alpha value is -0.610. The molecule has 16 heavy (non-hydrogen) atoms. The summed E-state index contributed by atoms with van der Waals surface area (Å²) in [6.07, 6.45) is 3.22. The van der Waals surface area contributed by atoms with Gasteiger partial charge in [0.15, 0.2) is 0 Å². The van der Waals surface area contributed by atoms with Gasteiger partial charge in [0.25, 0.3) is 0 Å². The van der Waals surface area contributed by atoms with Crippen molar-refractivity contribution in [2.24, 2.45) is 0 Å². The van der Waals surface area contributed by atoms with Crippen LogP contribution < -0.4 is 0 Å². The molecule has 0 amide bonds. The SMILES string of the molecule is CCOC(=O)CCN1CCN2CCCC2C1. The Kier molecular flexibility index (Phi) is 4.18. The first-order valence-corrected chi connectivity index (χ1v) is 6.41. The molecule has 0 aromatic heterocycles. The Balaban J connectivity index is 1.69. The lowest BCUT2D eigenvalue weighted by atomic mass is 10.1. The summed E-state index contributed by atoms with van der Waals surface area (Å²) in [6.45, 7) is 7.91. The molecule has 2 aliphatic rings. The van der Waals surface area contributed by atoms with Crippen LogP contribution in [0.1, 0.15) is 26.2 Å². The molecule has 0 aromatic rings. The summed E-state index contributed by atoms with van der Waals surface area (Å²) in [7, 11) is 0. The number of piperazine rings is 1. The molecule has 2 rings (SSSR count). The molecule has 0 N–H and O–H groups in total. The molecular formula is C12H22N2O2. The molecule has 0 bridgehead atoms. The summed E-state index contributed by atoms with van der Waals surface area (Å²) in [5.74, 6) is -0.0589. The number of hydrogen-bond acceptors (Lipinski definition) is 4. The van der Waals surface area contributed by atoms with Crippen molar-refractivity contribution in [2.75, 3.05) is 39.3 Å². The van der Waals surface area contributed by atoms with E-state index < -0.39 is 0 Å². The minimum atomic E-state index is -0.0589. The Morgan fingerprint density at radius 1 is 1.38 bits per heavy atom. The van der Waals surface area contributed by atoms with Gasteiger partial charge in [0.1, 0.15) is 0 Å². The lowest BCUT2D eigenvalue weighted by Gasteiger charge is -2.37.